The van der Waals surface area contributed by atoms with Gasteiger partial charge in [-0.05, 0) is 13.1 Å². The maximum atomic E-state index is 3.11. The molecule has 0 aliphatic carbocycles. The maximum absolute atomic E-state index is 3.11. The topological polar surface area (TPSA) is 12.0 Å². The van der Waals surface area contributed by atoms with Crippen molar-refractivity contribution in [3.05, 3.63) is 0 Å². The van der Waals surface area contributed by atoms with Crippen LogP contribution in [-0.2, 0) is 0 Å². The van der Waals surface area contributed by atoms with Gasteiger partial charge in [-0.3, -0.25) is 0 Å². The molecule has 0 aromatic carbocycles. The summed E-state index contributed by atoms with van der Waals surface area (Å²) in [5.41, 5.74) is 0. The van der Waals surface area contributed by atoms with Gasteiger partial charge >= 0.3 is 0 Å². The average molecular weight is 212 g/mol. The van der Waals surface area contributed by atoms with Gasteiger partial charge in [0, 0.05) is 35.6 Å². The third kappa shape index (κ3) is 8.94. The molecule has 0 unspecified atom stereocenters. The molecule has 0 aromatic heterocycles. The van der Waals surface area contributed by atoms with E-state index in [0.717, 1.165) is 13.1 Å². The van der Waals surface area contributed by atoms with Crippen LogP contribution >= 0.6 is 0 Å². The Kier molecular flexibility index (Phi) is 16.1. The van der Waals surface area contributed by atoms with Crippen LogP contribution in [0.15, 0.2) is 0 Å². The van der Waals surface area contributed by atoms with Gasteiger partial charge in [0.25, 0.3) is 0 Å². The molecule has 2 heteroatoms. The zero-order valence-corrected chi connectivity index (χ0v) is 8.12. The molecule has 0 aliphatic rings. The molecule has 6 heavy (non-hydrogen) atoms. The summed E-state index contributed by atoms with van der Waals surface area (Å²) >= 11 is 0. The normalized spacial score (nSPS) is 7.00. The van der Waals surface area contributed by atoms with E-state index in [1.165, 1.54) is 0 Å². The Hall–Kier alpha value is 1.15. The van der Waals surface area contributed by atoms with Crippen molar-refractivity contribution in [2.45, 2.75) is 13.8 Å². The van der Waals surface area contributed by atoms with Crippen molar-refractivity contribution in [1.82, 2.24) is 5.32 Å². The van der Waals surface area contributed by atoms with Crippen molar-refractivity contribution in [3.8, 4) is 0 Å². The molecule has 0 spiro atoms. The first kappa shape index (κ1) is 10.2. The summed E-state index contributed by atoms with van der Waals surface area (Å²) < 4.78 is 0. The predicted octanol–water partition coefficient (Wildman–Crippen LogP) is 0.616. The second-order valence-electron chi connectivity index (χ2n) is 0.957. The van der Waals surface area contributed by atoms with Gasteiger partial charge in [-0.2, -0.15) is 0 Å². The molecule has 0 rings (SSSR count). The first-order chi connectivity index (χ1) is 2.41. The molecule has 0 aromatic rings. The molecule has 0 aliphatic heterocycles. The quantitative estimate of drug-likeness (QED) is 0.707. The van der Waals surface area contributed by atoms with Gasteiger partial charge in [-0.25, -0.2) is 0 Å². The molecule has 1 radical (unpaired) electrons. The molecule has 1 nitrogen and oxygen atoms in total. The Bertz CT molecular complexity index is 15.0. The van der Waals surface area contributed by atoms with E-state index in [9.17, 15) is 0 Å². The Morgan fingerprint density at radius 3 is 1.50 bits per heavy atom. The fourth-order valence-corrected chi connectivity index (χ4v) is 0.250. The third-order valence-corrected chi connectivity index (χ3v) is 0.500. The maximum Gasteiger partial charge on any atom is 0 e. The monoisotopic (exact) mass is 212 g/mol. The van der Waals surface area contributed by atoms with Crippen LogP contribution in [0.4, 0.5) is 0 Å². The van der Waals surface area contributed by atoms with Crippen molar-refractivity contribution in [2.75, 3.05) is 13.1 Å². The predicted molar refractivity (Wildman–Crippen MR) is 24.2 cm³/mol. The van der Waals surface area contributed by atoms with Crippen molar-refractivity contribution in [3.63, 3.8) is 0 Å². The molecule has 0 bridgehead atoms. The minimum Gasteiger partial charge on any atom is -0.317 e. The van der Waals surface area contributed by atoms with Crippen LogP contribution in [0.3, 0.4) is 0 Å². The fraction of sp³-hybridized carbons (Fsp3) is 1.00. The molecule has 0 fully saturated rings. The van der Waals surface area contributed by atoms with Gasteiger partial charge in [0.1, 0.15) is 0 Å². The van der Waals surface area contributed by atoms with E-state index in [-0.39, 0.29) is 35.6 Å². The van der Waals surface area contributed by atoms with Crippen LogP contribution in [0.1, 0.15) is 13.8 Å². The van der Waals surface area contributed by atoms with Gasteiger partial charge < -0.3 is 5.32 Å². The van der Waals surface area contributed by atoms with E-state index < -0.39 is 0 Å². The van der Waals surface area contributed by atoms with Crippen LogP contribution in [-0.4, -0.2) is 13.1 Å². The van der Waals surface area contributed by atoms with Crippen molar-refractivity contribution >= 4 is 0 Å². The van der Waals surface area contributed by atoms with E-state index in [2.05, 4.69) is 19.2 Å². The zero-order chi connectivity index (χ0) is 4.12. The molecule has 0 saturated carbocycles. The summed E-state index contributed by atoms with van der Waals surface area (Å²) in [5.74, 6) is 0. The van der Waals surface area contributed by atoms with Gasteiger partial charge in [0.15, 0.2) is 0 Å². The first-order valence-electron chi connectivity index (χ1n) is 2.12. The second-order valence-corrected chi connectivity index (χ2v) is 0.957. The minimum absolute atomic E-state index is 0. The molecule has 0 amide bonds. The van der Waals surface area contributed by atoms with Crippen molar-refractivity contribution in [2.24, 2.45) is 0 Å². The molecular formula is C4H11LaN. The van der Waals surface area contributed by atoms with E-state index in [1.807, 2.05) is 0 Å². The fourth-order valence-electron chi connectivity index (χ4n) is 0.250. The van der Waals surface area contributed by atoms with Gasteiger partial charge in [-0.1, -0.05) is 13.8 Å². The van der Waals surface area contributed by atoms with E-state index in [4.69, 9.17) is 0 Å². The second kappa shape index (κ2) is 9.47. The first-order valence-corrected chi connectivity index (χ1v) is 2.12. The van der Waals surface area contributed by atoms with Crippen LogP contribution in [0.2, 0.25) is 0 Å². The molecule has 0 heterocycles. The van der Waals surface area contributed by atoms with Gasteiger partial charge in [-0.15, -0.1) is 0 Å². The summed E-state index contributed by atoms with van der Waals surface area (Å²) in [4.78, 5) is 0. The van der Waals surface area contributed by atoms with Crippen LogP contribution < -0.4 is 5.32 Å². The van der Waals surface area contributed by atoms with Gasteiger partial charge in [0.2, 0.25) is 0 Å². The Morgan fingerprint density at radius 2 is 1.50 bits per heavy atom. The number of rotatable bonds is 2. The summed E-state index contributed by atoms with van der Waals surface area (Å²) in [6, 6.07) is 0. The van der Waals surface area contributed by atoms with Crippen molar-refractivity contribution in [1.29, 1.82) is 0 Å². The Balaban J connectivity index is 0. The average Bonchev–Trinajstić information content (AvgIpc) is 1.41. The van der Waals surface area contributed by atoms with Crippen LogP contribution in [0, 0.1) is 35.6 Å². The molecule has 0 atom stereocenters. The SMILES string of the molecule is CCNCC.[La]. The van der Waals surface area contributed by atoms with Gasteiger partial charge in [0.05, 0.1) is 0 Å². The standard InChI is InChI=1S/C4H11N.La/c1-3-5-4-2;/h5H,3-4H2,1-2H3;. The largest absolute Gasteiger partial charge is 0.317 e. The summed E-state index contributed by atoms with van der Waals surface area (Å²) in [5, 5.41) is 3.11. The molecule has 35 valence electrons. The summed E-state index contributed by atoms with van der Waals surface area (Å²) in [7, 11) is 0. The van der Waals surface area contributed by atoms with Crippen LogP contribution in [0.5, 0.6) is 0 Å². The van der Waals surface area contributed by atoms with Crippen LogP contribution in [0.25, 0.3) is 0 Å². The van der Waals surface area contributed by atoms with E-state index in [0.29, 0.717) is 0 Å². The molecular weight excluding hydrogens is 201 g/mol. The van der Waals surface area contributed by atoms with Crippen molar-refractivity contribution < 1.29 is 35.6 Å². The number of hydrogen-bond donors (Lipinski definition) is 1. The van der Waals surface area contributed by atoms with E-state index >= 15 is 0 Å². The van der Waals surface area contributed by atoms with E-state index in [1.54, 1.807) is 0 Å². The molecule has 0 saturated heterocycles. The Morgan fingerprint density at radius 1 is 1.17 bits per heavy atom. The number of nitrogens with one attached hydrogen (secondary N) is 1. The minimum atomic E-state index is 0. The Labute approximate surface area is 67.5 Å². The smallest absolute Gasteiger partial charge is 0 e. The number of hydrogen-bond acceptors (Lipinski definition) is 1. The zero-order valence-electron chi connectivity index (χ0n) is 4.49. The third-order valence-electron chi connectivity index (χ3n) is 0.500. The summed E-state index contributed by atoms with van der Waals surface area (Å²) in [6.07, 6.45) is 0. The summed E-state index contributed by atoms with van der Waals surface area (Å²) in [6.45, 7) is 6.39. The molecule has 1 N–H and O–H groups in total.